The Labute approximate surface area is 112 Å². The number of allylic oxidation sites excluding steroid dienone is 2. The van der Waals surface area contributed by atoms with Gasteiger partial charge in [-0.05, 0) is 18.3 Å². The summed E-state index contributed by atoms with van der Waals surface area (Å²) in [4.78, 5) is 0. The first-order chi connectivity index (χ1) is 8.08. The van der Waals surface area contributed by atoms with Crippen molar-refractivity contribution in [3.05, 3.63) is 37.5 Å². The molecule has 102 valence electrons. The van der Waals surface area contributed by atoms with Gasteiger partial charge in [-0.3, -0.25) is 0 Å². The predicted octanol–water partition coefficient (Wildman–Crippen LogP) is 4.50. The summed E-state index contributed by atoms with van der Waals surface area (Å²) in [5.41, 5.74) is -1.47. The first-order valence-corrected chi connectivity index (χ1v) is 6.72. The Balaban J connectivity index is 3.38. The van der Waals surface area contributed by atoms with E-state index in [9.17, 15) is 5.11 Å². The number of hydrogen-bond acceptors (Lipinski definition) is 1. The summed E-state index contributed by atoms with van der Waals surface area (Å²) in [5.74, 6) is 0. The maximum Gasteiger partial charge on any atom is 0.0830 e. The molecule has 0 amide bonds. The smallest absolute Gasteiger partial charge is 0.0830 e. The Morgan fingerprint density at radius 1 is 1.28 bits per heavy atom. The molecule has 0 aromatic rings. The largest absolute Gasteiger partial charge is 0.388 e. The van der Waals surface area contributed by atoms with Crippen LogP contribution in [0, 0.1) is 16.2 Å². The Bertz CT molecular complexity index is 375. The van der Waals surface area contributed by atoms with Crippen LogP contribution in [0.5, 0.6) is 0 Å². The normalized spacial score (nSPS) is 29.9. The highest BCUT2D eigenvalue weighted by Crippen LogP contribution is 2.60. The lowest BCUT2D eigenvalue weighted by Crippen LogP contribution is -2.59. The molecule has 0 fully saturated rings. The fourth-order valence-corrected chi connectivity index (χ4v) is 3.32. The van der Waals surface area contributed by atoms with E-state index < -0.39 is 5.60 Å². The van der Waals surface area contributed by atoms with Gasteiger partial charge in [-0.1, -0.05) is 58.9 Å². The second kappa shape index (κ2) is 4.38. The molecule has 0 radical (unpaired) electrons. The van der Waals surface area contributed by atoms with Crippen molar-refractivity contribution in [3.8, 4) is 0 Å². The van der Waals surface area contributed by atoms with Gasteiger partial charge in [0, 0.05) is 10.8 Å². The van der Waals surface area contributed by atoms with Gasteiger partial charge in [0.1, 0.15) is 0 Å². The summed E-state index contributed by atoms with van der Waals surface area (Å²) in [6.45, 7) is 18.4. The lowest BCUT2D eigenvalue weighted by Gasteiger charge is -2.56. The Morgan fingerprint density at radius 3 is 2.17 bits per heavy atom. The van der Waals surface area contributed by atoms with Crippen molar-refractivity contribution in [2.75, 3.05) is 0 Å². The van der Waals surface area contributed by atoms with Gasteiger partial charge >= 0.3 is 0 Å². The molecule has 0 aromatic carbocycles. The van der Waals surface area contributed by atoms with Crippen molar-refractivity contribution in [2.24, 2.45) is 16.2 Å². The molecule has 0 aromatic heterocycles. The molecule has 0 aliphatic heterocycles. The quantitative estimate of drug-likeness (QED) is 0.710. The third-order valence-corrected chi connectivity index (χ3v) is 5.41. The molecule has 1 aliphatic rings. The molecule has 0 saturated heterocycles. The van der Waals surface area contributed by atoms with Gasteiger partial charge in [0.25, 0.3) is 0 Å². The van der Waals surface area contributed by atoms with Crippen molar-refractivity contribution in [2.45, 2.75) is 53.1 Å². The lowest BCUT2D eigenvalue weighted by atomic mass is 9.51. The van der Waals surface area contributed by atoms with Crippen LogP contribution in [0.25, 0.3) is 0 Å². The zero-order valence-corrected chi connectivity index (χ0v) is 12.6. The third kappa shape index (κ3) is 1.80. The zero-order chi connectivity index (χ0) is 14.2. The van der Waals surface area contributed by atoms with Gasteiger partial charge in [0.2, 0.25) is 0 Å². The fourth-order valence-electron chi connectivity index (χ4n) is 3.32. The van der Waals surface area contributed by atoms with Crippen LogP contribution in [0.15, 0.2) is 37.5 Å². The average molecular weight is 248 g/mol. The van der Waals surface area contributed by atoms with Gasteiger partial charge in [0.15, 0.2) is 0 Å². The minimum atomic E-state index is -0.851. The van der Waals surface area contributed by atoms with Crippen LogP contribution < -0.4 is 0 Å². The molecule has 0 saturated carbocycles. The van der Waals surface area contributed by atoms with E-state index in [4.69, 9.17) is 0 Å². The second-order valence-corrected chi connectivity index (χ2v) is 6.94. The van der Waals surface area contributed by atoms with Crippen LogP contribution in [0.4, 0.5) is 0 Å². The Hall–Kier alpha value is -0.820. The summed E-state index contributed by atoms with van der Waals surface area (Å²) < 4.78 is 0. The summed E-state index contributed by atoms with van der Waals surface area (Å²) in [6.07, 6.45) is 9.57. The minimum absolute atomic E-state index is 0.0367. The van der Waals surface area contributed by atoms with E-state index in [-0.39, 0.29) is 16.2 Å². The molecule has 0 heterocycles. The molecular weight excluding hydrogens is 220 g/mol. The molecule has 1 nitrogen and oxygen atoms in total. The first-order valence-electron chi connectivity index (χ1n) is 6.72. The predicted molar refractivity (Wildman–Crippen MR) is 79.4 cm³/mol. The minimum Gasteiger partial charge on any atom is -0.388 e. The average Bonchev–Trinajstić information content (AvgIpc) is 2.54. The highest BCUT2D eigenvalue weighted by Gasteiger charge is 2.60. The Kier molecular flexibility index (Phi) is 3.71. The molecule has 0 spiro atoms. The van der Waals surface area contributed by atoms with Crippen molar-refractivity contribution in [3.63, 3.8) is 0 Å². The van der Waals surface area contributed by atoms with Crippen LogP contribution in [0.2, 0.25) is 0 Å². The zero-order valence-electron chi connectivity index (χ0n) is 12.6. The van der Waals surface area contributed by atoms with Gasteiger partial charge < -0.3 is 5.11 Å². The van der Waals surface area contributed by atoms with Crippen LogP contribution in [-0.4, -0.2) is 10.7 Å². The molecule has 18 heavy (non-hydrogen) atoms. The molecule has 2 atom stereocenters. The van der Waals surface area contributed by atoms with Crippen LogP contribution in [0.1, 0.15) is 47.5 Å². The summed E-state index contributed by atoms with van der Waals surface area (Å²) in [5, 5.41) is 11.5. The van der Waals surface area contributed by atoms with E-state index in [1.807, 2.05) is 12.2 Å². The topological polar surface area (TPSA) is 20.2 Å². The van der Waals surface area contributed by atoms with Crippen LogP contribution >= 0.6 is 0 Å². The molecule has 2 unspecified atom stereocenters. The fraction of sp³-hybridized carbons (Fsp3) is 0.647. The van der Waals surface area contributed by atoms with Crippen molar-refractivity contribution in [1.82, 2.24) is 0 Å². The molecule has 1 rings (SSSR count). The van der Waals surface area contributed by atoms with E-state index in [1.54, 1.807) is 0 Å². The van der Waals surface area contributed by atoms with E-state index in [1.165, 1.54) is 0 Å². The maximum absolute atomic E-state index is 11.5. The second-order valence-electron chi connectivity index (χ2n) is 6.94. The Morgan fingerprint density at radius 2 is 1.83 bits per heavy atom. The van der Waals surface area contributed by atoms with Crippen molar-refractivity contribution >= 4 is 0 Å². The van der Waals surface area contributed by atoms with Crippen LogP contribution in [0.3, 0.4) is 0 Å². The van der Waals surface area contributed by atoms with Gasteiger partial charge in [-0.25, -0.2) is 0 Å². The van der Waals surface area contributed by atoms with E-state index in [2.05, 4.69) is 59.9 Å². The summed E-state index contributed by atoms with van der Waals surface area (Å²) >= 11 is 0. The third-order valence-electron chi connectivity index (χ3n) is 5.41. The van der Waals surface area contributed by atoms with E-state index in [0.29, 0.717) is 6.42 Å². The lowest BCUT2D eigenvalue weighted by molar-refractivity contribution is -0.166. The monoisotopic (exact) mass is 248 g/mol. The van der Waals surface area contributed by atoms with Gasteiger partial charge in [-0.2, -0.15) is 0 Å². The molecule has 1 heteroatoms. The summed E-state index contributed by atoms with van der Waals surface area (Å²) in [6, 6.07) is 0. The molecule has 1 aliphatic carbocycles. The highest BCUT2D eigenvalue weighted by atomic mass is 16.3. The van der Waals surface area contributed by atoms with Crippen molar-refractivity contribution < 1.29 is 5.11 Å². The van der Waals surface area contributed by atoms with Crippen molar-refractivity contribution in [1.29, 1.82) is 0 Å². The molecule has 0 bridgehead atoms. The molecule has 1 N–H and O–H groups in total. The highest BCUT2D eigenvalue weighted by molar-refractivity contribution is 5.24. The standard InChI is InChI=1S/C17H28O/c1-8-11-17(18,14(3,4)9-2)16(7)13-10-12-15(16,5)6/h8-10,12,18H,1-2,11,13H2,3-7H3. The maximum atomic E-state index is 11.5. The van der Waals surface area contributed by atoms with E-state index >= 15 is 0 Å². The van der Waals surface area contributed by atoms with E-state index in [0.717, 1.165) is 6.42 Å². The number of rotatable bonds is 5. The molecular formula is C17H28O. The SMILES string of the molecule is C=CCC(O)(C(C)(C)C=C)C1(C)CC=CC1(C)C. The number of aliphatic hydroxyl groups is 1. The van der Waals surface area contributed by atoms with Gasteiger partial charge in [-0.15, -0.1) is 13.2 Å². The first kappa shape index (κ1) is 15.2. The van der Waals surface area contributed by atoms with Gasteiger partial charge in [0.05, 0.1) is 5.60 Å². The number of hydrogen-bond donors (Lipinski definition) is 1. The van der Waals surface area contributed by atoms with Crippen LogP contribution in [-0.2, 0) is 0 Å². The summed E-state index contributed by atoms with van der Waals surface area (Å²) in [7, 11) is 0.